The molecule has 140 valence electrons. The zero-order valence-corrected chi connectivity index (χ0v) is 16.8. The Labute approximate surface area is 168 Å². The van der Waals surface area contributed by atoms with Crippen molar-refractivity contribution in [3.05, 3.63) is 53.3 Å². The minimum atomic E-state index is -0.207. The van der Waals surface area contributed by atoms with Crippen LogP contribution >= 0.6 is 23.4 Å². The summed E-state index contributed by atoms with van der Waals surface area (Å²) >= 11 is 7.79. The molecule has 1 aliphatic carbocycles. The van der Waals surface area contributed by atoms with Gasteiger partial charge in [-0.15, -0.1) is 11.8 Å². The molecular weight excluding hydrogens is 378 g/mol. The standard InChI is InChI=1S/C21H22ClN3OS/c1-27-16-8-9-18(22)17(12-16)21(26)24-14-7-10-20-19(11-14)23-13-25(20)15-5-3-2-4-6-15/h7-13,15H,2-6H2,1H3,(H,24,26). The van der Waals surface area contributed by atoms with Crippen molar-refractivity contribution in [1.29, 1.82) is 0 Å². The van der Waals surface area contributed by atoms with Crippen LogP contribution in [0.3, 0.4) is 0 Å². The van der Waals surface area contributed by atoms with Gasteiger partial charge in [-0.05, 0) is 55.5 Å². The number of nitrogens with zero attached hydrogens (tertiary/aromatic N) is 2. The molecule has 1 aromatic heterocycles. The van der Waals surface area contributed by atoms with Gasteiger partial charge in [0.25, 0.3) is 5.91 Å². The molecular formula is C21H22ClN3OS. The van der Waals surface area contributed by atoms with Crippen LogP contribution in [0, 0.1) is 0 Å². The van der Waals surface area contributed by atoms with Crippen LogP contribution in [-0.2, 0) is 0 Å². The van der Waals surface area contributed by atoms with E-state index in [1.54, 1.807) is 17.8 Å². The fourth-order valence-electron chi connectivity index (χ4n) is 3.76. The largest absolute Gasteiger partial charge is 0.327 e. The fourth-order valence-corrected chi connectivity index (χ4v) is 4.41. The fraction of sp³-hybridized carbons (Fsp3) is 0.333. The monoisotopic (exact) mass is 399 g/mol. The van der Waals surface area contributed by atoms with Crippen LogP contribution in [0.1, 0.15) is 48.5 Å². The van der Waals surface area contributed by atoms with Crippen molar-refractivity contribution in [2.24, 2.45) is 0 Å². The van der Waals surface area contributed by atoms with Crippen LogP contribution in [0.4, 0.5) is 5.69 Å². The average Bonchev–Trinajstić information content (AvgIpc) is 3.12. The van der Waals surface area contributed by atoms with E-state index >= 15 is 0 Å². The van der Waals surface area contributed by atoms with Gasteiger partial charge in [0.2, 0.25) is 0 Å². The molecule has 4 nitrogen and oxygen atoms in total. The quantitative estimate of drug-likeness (QED) is 0.533. The van der Waals surface area contributed by atoms with Gasteiger partial charge in [0.15, 0.2) is 0 Å². The van der Waals surface area contributed by atoms with Crippen molar-refractivity contribution in [2.45, 2.75) is 43.0 Å². The molecule has 0 spiro atoms. The normalized spacial score (nSPS) is 15.2. The Balaban J connectivity index is 1.57. The topological polar surface area (TPSA) is 46.9 Å². The molecule has 1 aliphatic rings. The van der Waals surface area contributed by atoms with Crippen LogP contribution in [0.5, 0.6) is 0 Å². The maximum Gasteiger partial charge on any atom is 0.257 e. The molecule has 0 radical (unpaired) electrons. The zero-order chi connectivity index (χ0) is 18.8. The number of carbonyl (C=O) groups is 1. The second-order valence-corrected chi connectivity index (χ2v) is 8.23. The smallest absolute Gasteiger partial charge is 0.257 e. The number of halogens is 1. The van der Waals surface area contributed by atoms with Crippen LogP contribution in [0.15, 0.2) is 47.6 Å². The number of aromatic nitrogens is 2. The summed E-state index contributed by atoms with van der Waals surface area (Å²) in [6, 6.07) is 11.9. The summed E-state index contributed by atoms with van der Waals surface area (Å²) in [6.45, 7) is 0. The Bertz CT molecular complexity index is 979. The maximum atomic E-state index is 12.7. The van der Waals surface area contributed by atoms with E-state index in [0.717, 1.165) is 21.6 Å². The first kappa shape index (κ1) is 18.4. The van der Waals surface area contributed by atoms with Gasteiger partial charge in [0.1, 0.15) is 0 Å². The molecule has 1 saturated carbocycles. The summed E-state index contributed by atoms with van der Waals surface area (Å²) in [5.74, 6) is -0.207. The summed E-state index contributed by atoms with van der Waals surface area (Å²) < 4.78 is 2.29. The summed E-state index contributed by atoms with van der Waals surface area (Å²) in [4.78, 5) is 18.2. The number of imidazole rings is 1. The number of anilines is 1. The Morgan fingerprint density at radius 2 is 2.00 bits per heavy atom. The van der Waals surface area contributed by atoms with Crippen molar-refractivity contribution < 1.29 is 4.79 Å². The third kappa shape index (κ3) is 3.85. The number of carbonyl (C=O) groups excluding carboxylic acids is 1. The molecule has 0 unspecified atom stereocenters. The number of fused-ring (bicyclic) bond motifs is 1. The maximum absolute atomic E-state index is 12.7. The van der Waals surface area contributed by atoms with E-state index in [-0.39, 0.29) is 5.91 Å². The van der Waals surface area contributed by atoms with Crippen LogP contribution in [-0.4, -0.2) is 21.7 Å². The summed E-state index contributed by atoms with van der Waals surface area (Å²) in [6.07, 6.45) is 10.2. The summed E-state index contributed by atoms with van der Waals surface area (Å²) in [7, 11) is 0. The molecule has 1 heterocycles. The Hall–Kier alpha value is -1.98. The highest BCUT2D eigenvalue weighted by atomic mass is 35.5. The van der Waals surface area contributed by atoms with E-state index in [1.807, 2.05) is 42.9 Å². The number of amides is 1. The van der Waals surface area contributed by atoms with E-state index in [4.69, 9.17) is 11.6 Å². The molecule has 2 aromatic carbocycles. The molecule has 3 aromatic rings. The first-order chi connectivity index (χ1) is 13.2. The van der Waals surface area contributed by atoms with Crippen molar-refractivity contribution in [2.75, 3.05) is 11.6 Å². The molecule has 1 amide bonds. The van der Waals surface area contributed by atoms with E-state index in [0.29, 0.717) is 16.6 Å². The lowest BCUT2D eigenvalue weighted by Crippen LogP contribution is -2.13. The minimum absolute atomic E-state index is 0.207. The molecule has 1 N–H and O–H groups in total. The van der Waals surface area contributed by atoms with Crippen molar-refractivity contribution in [3.8, 4) is 0 Å². The minimum Gasteiger partial charge on any atom is -0.327 e. The highest BCUT2D eigenvalue weighted by molar-refractivity contribution is 7.98. The highest BCUT2D eigenvalue weighted by Gasteiger charge is 2.18. The van der Waals surface area contributed by atoms with Gasteiger partial charge in [-0.1, -0.05) is 30.9 Å². The lowest BCUT2D eigenvalue weighted by atomic mass is 9.95. The lowest BCUT2D eigenvalue weighted by molar-refractivity contribution is 0.102. The van der Waals surface area contributed by atoms with Gasteiger partial charge < -0.3 is 9.88 Å². The van der Waals surface area contributed by atoms with Gasteiger partial charge in [-0.25, -0.2) is 4.98 Å². The van der Waals surface area contributed by atoms with Gasteiger partial charge in [0, 0.05) is 16.6 Å². The first-order valence-electron chi connectivity index (χ1n) is 9.27. The summed E-state index contributed by atoms with van der Waals surface area (Å²) in [5, 5.41) is 3.40. The van der Waals surface area contributed by atoms with Crippen LogP contribution in [0.25, 0.3) is 11.0 Å². The number of hydrogen-bond donors (Lipinski definition) is 1. The first-order valence-corrected chi connectivity index (χ1v) is 10.9. The number of benzene rings is 2. The number of thioether (sulfide) groups is 1. The van der Waals surface area contributed by atoms with Crippen molar-refractivity contribution >= 4 is 46.0 Å². The van der Waals surface area contributed by atoms with Gasteiger partial charge >= 0.3 is 0 Å². The van der Waals surface area contributed by atoms with Crippen LogP contribution in [0.2, 0.25) is 5.02 Å². The number of hydrogen-bond acceptors (Lipinski definition) is 3. The van der Waals surface area contributed by atoms with E-state index < -0.39 is 0 Å². The second-order valence-electron chi connectivity index (χ2n) is 6.95. The highest BCUT2D eigenvalue weighted by Crippen LogP contribution is 2.31. The average molecular weight is 400 g/mol. The predicted octanol–water partition coefficient (Wildman–Crippen LogP) is 6.17. The molecule has 0 saturated heterocycles. The lowest BCUT2D eigenvalue weighted by Gasteiger charge is -2.23. The predicted molar refractivity (Wildman–Crippen MR) is 113 cm³/mol. The van der Waals surface area contributed by atoms with E-state index in [1.165, 1.54) is 32.1 Å². The molecule has 1 fully saturated rings. The van der Waals surface area contributed by atoms with Gasteiger partial charge in [-0.2, -0.15) is 0 Å². The third-order valence-corrected chi connectivity index (χ3v) is 6.27. The Morgan fingerprint density at radius 1 is 1.19 bits per heavy atom. The van der Waals surface area contributed by atoms with E-state index in [9.17, 15) is 4.79 Å². The molecule has 4 rings (SSSR count). The molecule has 0 aliphatic heterocycles. The van der Waals surface area contributed by atoms with Crippen LogP contribution < -0.4 is 5.32 Å². The zero-order valence-electron chi connectivity index (χ0n) is 15.2. The number of rotatable bonds is 4. The second kappa shape index (κ2) is 7.95. The molecule has 0 atom stereocenters. The summed E-state index contributed by atoms with van der Waals surface area (Å²) in [5.41, 5.74) is 3.24. The van der Waals surface area contributed by atoms with E-state index in [2.05, 4.69) is 14.9 Å². The van der Waals surface area contributed by atoms with Crippen molar-refractivity contribution in [3.63, 3.8) is 0 Å². The molecule has 6 heteroatoms. The van der Waals surface area contributed by atoms with Gasteiger partial charge in [0.05, 0.1) is 27.9 Å². The number of nitrogens with one attached hydrogen (secondary N) is 1. The Morgan fingerprint density at radius 3 is 2.78 bits per heavy atom. The third-order valence-electron chi connectivity index (χ3n) is 5.22. The van der Waals surface area contributed by atoms with Crippen molar-refractivity contribution in [1.82, 2.24) is 9.55 Å². The molecule has 0 bridgehead atoms. The van der Waals surface area contributed by atoms with Gasteiger partial charge in [-0.3, -0.25) is 4.79 Å². The SMILES string of the molecule is CSc1ccc(Cl)c(C(=O)Nc2ccc3c(c2)ncn3C2CCCCC2)c1. The molecule has 27 heavy (non-hydrogen) atoms. The Kier molecular flexibility index (Phi) is 5.41.